The predicted octanol–water partition coefficient (Wildman–Crippen LogP) is 2.77. The first kappa shape index (κ1) is 17.9. The van der Waals surface area contributed by atoms with Gasteiger partial charge in [0, 0.05) is 42.8 Å². The number of morpholine rings is 1. The number of aromatic nitrogens is 1. The Balaban J connectivity index is 1.49. The first-order valence-electron chi connectivity index (χ1n) is 9.90. The van der Waals surface area contributed by atoms with Gasteiger partial charge in [0.2, 0.25) is 5.91 Å². The zero-order chi connectivity index (χ0) is 20.0. The molecule has 0 unspecified atom stereocenters. The molecule has 2 fully saturated rings. The number of hydrogen-bond donors (Lipinski definition) is 1. The maximum Gasteiger partial charge on any atom is 0.254 e. The Morgan fingerprint density at radius 1 is 1.14 bits per heavy atom. The largest absolute Gasteiger partial charge is 0.364 e. The lowest BCUT2D eigenvalue weighted by Crippen LogP contribution is -2.67. The molecule has 0 saturated carbocycles. The summed E-state index contributed by atoms with van der Waals surface area (Å²) in [7, 11) is 1.85. The van der Waals surface area contributed by atoms with E-state index in [1.807, 2.05) is 77.6 Å². The van der Waals surface area contributed by atoms with Crippen molar-refractivity contribution in [1.29, 1.82) is 0 Å². The van der Waals surface area contributed by atoms with Crippen LogP contribution in [0.2, 0.25) is 0 Å². The molecular weight excluding hydrogens is 366 g/mol. The summed E-state index contributed by atoms with van der Waals surface area (Å²) >= 11 is 0. The maximum absolute atomic E-state index is 13.3. The highest BCUT2D eigenvalue weighted by Gasteiger charge is 2.53. The molecule has 1 aromatic heterocycles. The Labute approximate surface area is 169 Å². The molecule has 148 valence electrons. The van der Waals surface area contributed by atoms with Gasteiger partial charge >= 0.3 is 0 Å². The highest BCUT2D eigenvalue weighted by Crippen LogP contribution is 2.42. The molecule has 3 aromatic rings. The van der Waals surface area contributed by atoms with Crippen LogP contribution in [0.3, 0.4) is 0 Å². The molecule has 29 heavy (non-hydrogen) atoms. The van der Waals surface area contributed by atoms with Gasteiger partial charge in [-0.05, 0) is 30.2 Å². The van der Waals surface area contributed by atoms with Gasteiger partial charge in [0.15, 0.2) is 0 Å². The number of likely N-dealkylation sites (tertiary alicyclic amines) is 1. The van der Waals surface area contributed by atoms with Crippen molar-refractivity contribution < 1.29 is 14.3 Å². The highest BCUT2D eigenvalue weighted by molar-refractivity contribution is 6.06. The molecule has 6 heteroatoms. The average Bonchev–Trinajstić information content (AvgIpc) is 3.25. The number of H-pyrrole nitrogens is 1. The lowest BCUT2D eigenvalue weighted by molar-refractivity contribution is -0.180. The summed E-state index contributed by atoms with van der Waals surface area (Å²) in [4.78, 5) is 32.7. The number of amides is 2. The predicted molar refractivity (Wildman–Crippen MR) is 109 cm³/mol. The molecule has 2 aromatic carbocycles. The van der Waals surface area contributed by atoms with Gasteiger partial charge in [0.1, 0.15) is 12.7 Å². The van der Waals surface area contributed by atoms with Gasteiger partial charge in [-0.1, -0.05) is 36.4 Å². The van der Waals surface area contributed by atoms with Crippen molar-refractivity contribution in [2.24, 2.45) is 0 Å². The molecule has 2 amide bonds. The van der Waals surface area contributed by atoms with E-state index in [1.165, 1.54) is 0 Å². The number of fused-ring (bicyclic) bond motifs is 2. The number of piperidine rings is 1. The van der Waals surface area contributed by atoms with Gasteiger partial charge in [-0.3, -0.25) is 9.59 Å². The molecule has 0 radical (unpaired) electrons. The Kier molecular flexibility index (Phi) is 4.17. The van der Waals surface area contributed by atoms with Crippen LogP contribution in [0, 0.1) is 0 Å². The smallest absolute Gasteiger partial charge is 0.254 e. The Morgan fingerprint density at radius 3 is 2.79 bits per heavy atom. The van der Waals surface area contributed by atoms with Crippen molar-refractivity contribution in [2.45, 2.75) is 18.1 Å². The molecule has 0 bridgehead atoms. The van der Waals surface area contributed by atoms with Crippen LogP contribution in [0.1, 0.15) is 22.3 Å². The van der Waals surface area contributed by atoms with Crippen LogP contribution in [0.4, 0.5) is 0 Å². The monoisotopic (exact) mass is 389 g/mol. The fraction of sp³-hybridized carbons (Fsp3) is 0.304. The number of nitrogens with zero attached hydrogens (tertiary/aromatic N) is 2. The maximum atomic E-state index is 13.3. The number of aromatic amines is 1. The zero-order valence-electron chi connectivity index (χ0n) is 16.3. The van der Waals surface area contributed by atoms with E-state index in [-0.39, 0.29) is 24.5 Å². The van der Waals surface area contributed by atoms with Crippen LogP contribution in [0.5, 0.6) is 0 Å². The molecule has 5 rings (SSSR count). The molecule has 2 aliphatic rings. The Bertz CT molecular complexity index is 1080. The number of benzene rings is 2. The van der Waals surface area contributed by atoms with Crippen LogP contribution < -0.4 is 0 Å². The van der Waals surface area contributed by atoms with Crippen molar-refractivity contribution in [3.05, 3.63) is 71.9 Å². The number of nitrogens with one attached hydrogen (secondary N) is 1. The van der Waals surface area contributed by atoms with E-state index in [0.717, 1.165) is 16.5 Å². The van der Waals surface area contributed by atoms with Crippen molar-refractivity contribution in [3.8, 4) is 0 Å². The van der Waals surface area contributed by atoms with Crippen LogP contribution >= 0.6 is 0 Å². The number of ether oxygens (including phenoxy) is 1. The van der Waals surface area contributed by atoms with Crippen LogP contribution in [0.15, 0.2) is 60.8 Å². The summed E-state index contributed by atoms with van der Waals surface area (Å²) in [6.45, 7) is 1.06. The summed E-state index contributed by atoms with van der Waals surface area (Å²) in [5.74, 6) is -0.0259. The summed E-state index contributed by atoms with van der Waals surface area (Å²) in [6, 6.07) is 17.7. The molecule has 0 spiro atoms. The fourth-order valence-corrected chi connectivity index (χ4v) is 4.85. The van der Waals surface area contributed by atoms with Gasteiger partial charge in [-0.25, -0.2) is 0 Å². The van der Waals surface area contributed by atoms with Gasteiger partial charge < -0.3 is 19.5 Å². The molecule has 2 aliphatic heterocycles. The van der Waals surface area contributed by atoms with Crippen molar-refractivity contribution in [1.82, 2.24) is 14.8 Å². The first-order chi connectivity index (χ1) is 14.1. The van der Waals surface area contributed by atoms with Gasteiger partial charge in [0.05, 0.1) is 5.54 Å². The molecule has 2 saturated heterocycles. The summed E-state index contributed by atoms with van der Waals surface area (Å²) in [5, 5.41) is 0.925. The second-order valence-corrected chi connectivity index (χ2v) is 7.79. The van der Waals surface area contributed by atoms with Crippen LogP contribution in [0.25, 0.3) is 10.9 Å². The first-order valence-corrected chi connectivity index (χ1v) is 9.90. The highest BCUT2D eigenvalue weighted by atomic mass is 16.5. The quantitative estimate of drug-likeness (QED) is 0.733. The minimum absolute atomic E-state index is 0.0000136. The third-order valence-corrected chi connectivity index (χ3v) is 6.45. The van der Waals surface area contributed by atoms with Gasteiger partial charge in [0.25, 0.3) is 5.91 Å². The Morgan fingerprint density at radius 2 is 1.97 bits per heavy atom. The zero-order valence-corrected chi connectivity index (χ0v) is 16.3. The second-order valence-electron chi connectivity index (χ2n) is 7.79. The van der Waals surface area contributed by atoms with Crippen molar-refractivity contribution in [3.63, 3.8) is 0 Å². The van der Waals surface area contributed by atoms with Crippen molar-refractivity contribution >= 4 is 22.7 Å². The van der Waals surface area contributed by atoms with Gasteiger partial charge in [-0.2, -0.15) is 0 Å². The molecule has 6 nitrogen and oxygen atoms in total. The molecule has 3 heterocycles. The normalized spacial score (nSPS) is 24.6. The fourth-order valence-electron chi connectivity index (χ4n) is 4.85. The minimum atomic E-state index is -0.548. The number of hydrogen-bond acceptors (Lipinski definition) is 3. The van der Waals surface area contributed by atoms with Crippen LogP contribution in [-0.2, 0) is 15.1 Å². The molecule has 0 aliphatic carbocycles. The number of rotatable bonds is 2. The van der Waals surface area contributed by atoms with E-state index >= 15 is 0 Å². The van der Waals surface area contributed by atoms with E-state index in [4.69, 9.17) is 4.74 Å². The minimum Gasteiger partial charge on any atom is -0.364 e. The second kappa shape index (κ2) is 6.74. The number of likely N-dealkylation sites (N-methyl/N-ethyl adjacent to an activating group) is 1. The lowest BCUT2D eigenvalue weighted by Gasteiger charge is -2.54. The van der Waals surface area contributed by atoms with E-state index < -0.39 is 5.54 Å². The van der Waals surface area contributed by atoms with E-state index in [1.54, 1.807) is 0 Å². The SMILES string of the molecule is CN1C(=O)CO[C@@H]2CN(C(=O)c3cccc4[nH]ccc34)CC[C@]21c1ccccc1. The standard InChI is InChI=1S/C23H23N3O3/c1-25-21(27)15-29-20-14-26(13-11-23(20,25)16-6-3-2-4-7-16)22(28)18-8-5-9-19-17(18)10-12-24-19/h2-10,12,20,24H,11,13-15H2,1H3/t20-,23+/m1/s1. The Hall–Kier alpha value is -3.12. The number of carbonyl (C=O) groups excluding carboxylic acids is 2. The average molecular weight is 389 g/mol. The third kappa shape index (κ3) is 2.67. The summed E-state index contributed by atoms with van der Waals surface area (Å²) < 4.78 is 6.02. The summed E-state index contributed by atoms with van der Waals surface area (Å²) in [6.07, 6.45) is 2.22. The van der Waals surface area contributed by atoms with E-state index in [9.17, 15) is 9.59 Å². The molecule has 1 N–H and O–H groups in total. The summed E-state index contributed by atoms with van der Waals surface area (Å²) in [5.41, 5.74) is 2.15. The molecule has 2 atom stereocenters. The van der Waals surface area contributed by atoms with E-state index in [0.29, 0.717) is 25.1 Å². The topological polar surface area (TPSA) is 65.6 Å². The van der Waals surface area contributed by atoms with Gasteiger partial charge in [-0.15, -0.1) is 0 Å². The lowest BCUT2D eigenvalue weighted by atomic mass is 9.76. The number of carbonyl (C=O) groups is 2. The van der Waals surface area contributed by atoms with Crippen molar-refractivity contribution in [2.75, 3.05) is 26.7 Å². The van der Waals surface area contributed by atoms with Crippen LogP contribution in [-0.4, -0.2) is 59.4 Å². The van der Waals surface area contributed by atoms with E-state index in [2.05, 4.69) is 4.98 Å². The third-order valence-electron chi connectivity index (χ3n) is 6.45. The molecular formula is C23H23N3O3.